The van der Waals surface area contributed by atoms with Crippen molar-refractivity contribution in [1.82, 2.24) is 19.4 Å². The maximum atomic E-state index is 5.33. The SMILES string of the molecule is Cc1nc2ncccn2c1-c1csc(NN)n1. The summed E-state index contributed by atoms with van der Waals surface area (Å²) in [6, 6.07) is 1.87. The van der Waals surface area contributed by atoms with Crippen LogP contribution in [0.2, 0.25) is 0 Å². The highest BCUT2D eigenvalue weighted by Crippen LogP contribution is 2.27. The molecule has 86 valence electrons. The van der Waals surface area contributed by atoms with Gasteiger partial charge in [0, 0.05) is 17.8 Å². The summed E-state index contributed by atoms with van der Waals surface area (Å²) < 4.78 is 1.92. The van der Waals surface area contributed by atoms with E-state index in [4.69, 9.17) is 5.84 Å². The molecule has 0 atom stereocenters. The molecule has 0 amide bonds. The van der Waals surface area contributed by atoms with E-state index >= 15 is 0 Å². The Labute approximate surface area is 101 Å². The summed E-state index contributed by atoms with van der Waals surface area (Å²) in [5, 5.41) is 2.62. The summed E-state index contributed by atoms with van der Waals surface area (Å²) in [7, 11) is 0. The fourth-order valence-electron chi connectivity index (χ4n) is 1.76. The molecule has 17 heavy (non-hydrogen) atoms. The molecule has 0 unspecified atom stereocenters. The Morgan fingerprint density at radius 2 is 2.29 bits per heavy atom. The third-order valence-corrected chi connectivity index (χ3v) is 3.22. The van der Waals surface area contributed by atoms with Gasteiger partial charge in [-0.05, 0) is 13.0 Å². The number of hydrogen-bond donors (Lipinski definition) is 2. The predicted octanol–water partition coefficient (Wildman–Crippen LogP) is 1.45. The van der Waals surface area contributed by atoms with Crippen LogP contribution in [0.3, 0.4) is 0 Å². The number of fused-ring (bicyclic) bond motifs is 1. The lowest BCUT2D eigenvalue weighted by molar-refractivity contribution is 1.11. The normalized spacial score (nSPS) is 10.9. The average molecular weight is 246 g/mol. The van der Waals surface area contributed by atoms with Crippen LogP contribution in [0.5, 0.6) is 0 Å². The fraction of sp³-hybridized carbons (Fsp3) is 0.100. The largest absolute Gasteiger partial charge is 0.300 e. The number of thiazole rings is 1. The van der Waals surface area contributed by atoms with Crippen LogP contribution in [0, 0.1) is 6.92 Å². The van der Waals surface area contributed by atoms with Gasteiger partial charge in [0.15, 0.2) is 5.13 Å². The maximum absolute atomic E-state index is 5.33. The summed E-state index contributed by atoms with van der Waals surface area (Å²) in [5.74, 6) is 6.01. The van der Waals surface area contributed by atoms with E-state index in [9.17, 15) is 0 Å². The number of hydrazine groups is 1. The maximum Gasteiger partial charge on any atom is 0.234 e. The molecule has 0 aliphatic heterocycles. The van der Waals surface area contributed by atoms with Gasteiger partial charge in [0.2, 0.25) is 5.78 Å². The zero-order valence-corrected chi connectivity index (χ0v) is 9.90. The monoisotopic (exact) mass is 246 g/mol. The van der Waals surface area contributed by atoms with Crippen LogP contribution in [-0.4, -0.2) is 19.4 Å². The van der Waals surface area contributed by atoms with Gasteiger partial charge in [0.25, 0.3) is 0 Å². The topological polar surface area (TPSA) is 81.1 Å². The number of nitrogen functional groups attached to an aromatic ring is 1. The highest BCUT2D eigenvalue weighted by Gasteiger charge is 2.13. The highest BCUT2D eigenvalue weighted by atomic mass is 32.1. The van der Waals surface area contributed by atoms with Gasteiger partial charge in [-0.15, -0.1) is 11.3 Å². The third kappa shape index (κ3) is 1.56. The van der Waals surface area contributed by atoms with Crippen molar-refractivity contribution in [2.24, 2.45) is 5.84 Å². The summed E-state index contributed by atoms with van der Waals surface area (Å²) >= 11 is 1.46. The zero-order valence-electron chi connectivity index (χ0n) is 9.08. The molecule has 0 radical (unpaired) electrons. The van der Waals surface area contributed by atoms with Gasteiger partial charge < -0.3 is 0 Å². The van der Waals surface area contributed by atoms with Crippen LogP contribution in [0.25, 0.3) is 17.2 Å². The van der Waals surface area contributed by atoms with E-state index in [0.29, 0.717) is 10.9 Å². The Balaban J connectivity index is 2.25. The highest BCUT2D eigenvalue weighted by molar-refractivity contribution is 7.14. The molecular weight excluding hydrogens is 236 g/mol. The smallest absolute Gasteiger partial charge is 0.234 e. The van der Waals surface area contributed by atoms with Gasteiger partial charge in [0.05, 0.1) is 11.4 Å². The van der Waals surface area contributed by atoms with Crippen molar-refractivity contribution >= 4 is 22.2 Å². The molecule has 3 aromatic heterocycles. The van der Waals surface area contributed by atoms with Crippen molar-refractivity contribution in [2.75, 3.05) is 5.43 Å². The minimum absolute atomic E-state index is 0.676. The van der Waals surface area contributed by atoms with Crippen molar-refractivity contribution in [1.29, 1.82) is 0 Å². The number of anilines is 1. The quantitative estimate of drug-likeness (QED) is 0.528. The lowest BCUT2D eigenvalue weighted by Gasteiger charge is -1.98. The van der Waals surface area contributed by atoms with E-state index < -0.39 is 0 Å². The molecule has 0 aromatic carbocycles. The summed E-state index contributed by atoms with van der Waals surface area (Å²) in [4.78, 5) is 13.0. The van der Waals surface area contributed by atoms with Gasteiger partial charge in [0.1, 0.15) is 5.69 Å². The molecule has 0 aliphatic carbocycles. The van der Waals surface area contributed by atoms with Crippen molar-refractivity contribution in [2.45, 2.75) is 6.92 Å². The molecule has 3 heterocycles. The molecular formula is C10H10N6S. The number of nitrogens with two attached hydrogens (primary N) is 1. The van der Waals surface area contributed by atoms with Crippen molar-refractivity contribution in [3.05, 3.63) is 29.5 Å². The van der Waals surface area contributed by atoms with Crippen LogP contribution in [0.1, 0.15) is 5.69 Å². The van der Waals surface area contributed by atoms with Gasteiger partial charge in [-0.3, -0.25) is 9.83 Å². The Morgan fingerprint density at radius 3 is 3.06 bits per heavy atom. The second-order valence-electron chi connectivity index (χ2n) is 3.52. The Kier molecular flexibility index (Phi) is 2.27. The summed E-state index contributed by atoms with van der Waals surface area (Å²) in [6.45, 7) is 1.94. The first-order valence-corrected chi connectivity index (χ1v) is 5.90. The van der Waals surface area contributed by atoms with Crippen molar-refractivity contribution in [3.8, 4) is 11.4 Å². The van der Waals surface area contributed by atoms with Crippen LogP contribution in [-0.2, 0) is 0 Å². The zero-order chi connectivity index (χ0) is 11.8. The Hall–Kier alpha value is -1.99. The van der Waals surface area contributed by atoms with E-state index in [2.05, 4.69) is 20.4 Å². The number of imidazole rings is 1. The van der Waals surface area contributed by atoms with Crippen molar-refractivity contribution < 1.29 is 0 Å². The Bertz CT molecular complexity index is 670. The average Bonchev–Trinajstić information content (AvgIpc) is 2.91. The first-order chi connectivity index (χ1) is 8.29. The third-order valence-electron chi connectivity index (χ3n) is 2.45. The number of aromatic nitrogens is 4. The first kappa shape index (κ1) is 10.2. The van der Waals surface area contributed by atoms with Gasteiger partial charge in [-0.25, -0.2) is 20.8 Å². The first-order valence-electron chi connectivity index (χ1n) is 5.02. The molecule has 0 aliphatic rings. The number of rotatable bonds is 2. The van der Waals surface area contributed by atoms with E-state index in [-0.39, 0.29) is 0 Å². The Morgan fingerprint density at radius 1 is 1.41 bits per heavy atom. The molecule has 3 rings (SSSR count). The molecule has 0 saturated carbocycles. The van der Waals surface area contributed by atoms with Crippen LogP contribution in [0.15, 0.2) is 23.8 Å². The van der Waals surface area contributed by atoms with E-state index in [1.807, 2.05) is 29.0 Å². The van der Waals surface area contributed by atoms with Gasteiger partial charge in [-0.1, -0.05) is 0 Å². The van der Waals surface area contributed by atoms with Gasteiger partial charge in [-0.2, -0.15) is 0 Å². The van der Waals surface area contributed by atoms with Crippen LogP contribution in [0.4, 0.5) is 5.13 Å². The number of nitrogens with zero attached hydrogens (tertiary/aromatic N) is 4. The van der Waals surface area contributed by atoms with Crippen LogP contribution < -0.4 is 11.3 Å². The molecule has 7 heteroatoms. The predicted molar refractivity (Wildman–Crippen MR) is 66.6 cm³/mol. The summed E-state index contributed by atoms with van der Waals surface area (Å²) in [5.41, 5.74) is 5.24. The van der Waals surface area contributed by atoms with Gasteiger partial charge >= 0.3 is 0 Å². The molecule has 0 bridgehead atoms. The molecule has 0 fully saturated rings. The van der Waals surface area contributed by atoms with Crippen molar-refractivity contribution in [3.63, 3.8) is 0 Å². The fourth-order valence-corrected chi connectivity index (χ4v) is 2.36. The minimum atomic E-state index is 0.676. The molecule has 3 N–H and O–H groups in total. The molecule has 3 aromatic rings. The standard InChI is InChI=1S/C10H10N6S/c1-6-8(7-5-17-10(14-7)15-11)16-4-2-3-12-9(16)13-6/h2-5H,11H2,1H3,(H,14,15). The second-order valence-corrected chi connectivity index (χ2v) is 4.38. The minimum Gasteiger partial charge on any atom is -0.300 e. The van der Waals surface area contributed by atoms with E-state index in [0.717, 1.165) is 17.1 Å². The lowest BCUT2D eigenvalue weighted by Crippen LogP contribution is -2.05. The molecule has 0 saturated heterocycles. The van der Waals surface area contributed by atoms with E-state index in [1.165, 1.54) is 11.3 Å². The molecule has 0 spiro atoms. The number of hydrogen-bond acceptors (Lipinski definition) is 6. The number of aryl methyl sites for hydroxylation is 1. The van der Waals surface area contributed by atoms with E-state index in [1.54, 1.807) is 6.20 Å². The van der Waals surface area contributed by atoms with Crippen LogP contribution >= 0.6 is 11.3 Å². The summed E-state index contributed by atoms with van der Waals surface area (Å²) in [6.07, 6.45) is 3.64. The number of nitrogens with one attached hydrogen (secondary N) is 1. The molecule has 6 nitrogen and oxygen atoms in total. The second kappa shape index (κ2) is 3.79. The lowest BCUT2D eigenvalue weighted by atomic mass is 10.3.